The Kier molecular flexibility index (Phi) is 3.41. The van der Waals surface area contributed by atoms with Gasteiger partial charge in [-0.15, -0.1) is 11.3 Å². The maximum Gasteiger partial charge on any atom is 0.472 e. The number of phosphoric acid groups is 1. The van der Waals surface area contributed by atoms with Crippen LogP contribution in [0.5, 0.6) is 5.75 Å². The van der Waals surface area contributed by atoms with Crippen LogP contribution >= 0.6 is 19.2 Å². The lowest BCUT2D eigenvalue weighted by atomic mass is 10.1. The largest absolute Gasteiger partial charge is 0.472 e. The molecule has 1 aromatic heterocycles. The van der Waals surface area contributed by atoms with E-state index < -0.39 is 7.82 Å². The van der Waals surface area contributed by atoms with Crippen molar-refractivity contribution >= 4 is 24.9 Å². The van der Waals surface area contributed by atoms with E-state index in [9.17, 15) is 9.46 Å². The molecule has 0 radical (unpaired) electrons. The van der Waals surface area contributed by atoms with Crippen LogP contribution < -0.4 is 4.74 Å². The van der Waals surface area contributed by atoms with Gasteiger partial charge in [-0.1, -0.05) is 0 Å². The van der Waals surface area contributed by atoms with Crippen molar-refractivity contribution in [3.8, 4) is 5.75 Å². The molecule has 2 aliphatic heterocycles. The van der Waals surface area contributed by atoms with E-state index in [1.807, 2.05) is 5.38 Å². The Labute approximate surface area is 114 Å². The van der Waals surface area contributed by atoms with E-state index in [1.54, 1.807) is 13.0 Å². The summed E-state index contributed by atoms with van der Waals surface area (Å²) < 4.78 is 31.9. The molecule has 0 saturated heterocycles. The number of ether oxygens (including phenoxy) is 2. The minimum atomic E-state index is -3.96. The van der Waals surface area contributed by atoms with E-state index in [2.05, 4.69) is 4.52 Å². The topological polar surface area (TPSA) is 74.2 Å². The lowest BCUT2D eigenvalue weighted by Crippen LogP contribution is -2.20. The lowest BCUT2D eigenvalue weighted by molar-refractivity contribution is -0.000612. The quantitative estimate of drug-likeness (QED) is 0.843. The van der Waals surface area contributed by atoms with Crippen molar-refractivity contribution in [1.82, 2.24) is 0 Å². The molecule has 6 nitrogen and oxygen atoms in total. The van der Waals surface area contributed by atoms with Gasteiger partial charge in [0.05, 0.1) is 24.5 Å². The highest BCUT2D eigenvalue weighted by atomic mass is 32.1. The highest BCUT2D eigenvalue weighted by Crippen LogP contribution is 2.46. The normalized spacial score (nSPS) is 24.9. The summed E-state index contributed by atoms with van der Waals surface area (Å²) >= 11 is 1.53. The van der Waals surface area contributed by atoms with Crippen LogP contribution in [0.15, 0.2) is 11.5 Å². The maximum atomic E-state index is 11.3. The summed E-state index contributed by atoms with van der Waals surface area (Å²) in [6, 6.07) is 0. The molecule has 2 atom stereocenters. The molecule has 3 heterocycles. The summed E-state index contributed by atoms with van der Waals surface area (Å²) in [4.78, 5) is 10.3. The molecular formula is C11H13O6PS. The van der Waals surface area contributed by atoms with Gasteiger partial charge in [0.15, 0.2) is 0 Å². The average molecular weight is 304 g/mol. The molecule has 2 unspecified atom stereocenters. The fraction of sp³-hybridized carbons (Fsp3) is 0.455. The van der Waals surface area contributed by atoms with Crippen LogP contribution in [0.1, 0.15) is 17.4 Å². The van der Waals surface area contributed by atoms with Gasteiger partial charge < -0.3 is 14.4 Å². The minimum absolute atomic E-state index is 0.0531. The van der Waals surface area contributed by atoms with Crippen molar-refractivity contribution in [2.24, 2.45) is 0 Å². The smallest absolute Gasteiger partial charge is 0.453 e. The predicted molar refractivity (Wildman–Crippen MR) is 68.9 cm³/mol. The first kappa shape index (κ1) is 13.1. The van der Waals surface area contributed by atoms with Gasteiger partial charge in [-0.3, -0.25) is 9.05 Å². The molecule has 0 spiro atoms. The number of thiophene rings is 1. The van der Waals surface area contributed by atoms with E-state index in [-0.39, 0.29) is 19.5 Å². The molecule has 0 amide bonds. The maximum absolute atomic E-state index is 11.3. The Bertz CT molecular complexity index is 566. The lowest BCUT2D eigenvalue weighted by Gasteiger charge is -2.19. The molecule has 19 heavy (non-hydrogen) atoms. The zero-order valence-electron chi connectivity index (χ0n) is 10.2. The van der Waals surface area contributed by atoms with Gasteiger partial charge in [0.25, 0.3) is 0 Å². The zero-order chi connectivity index (χ0) is 13.5. The van der Waals surface area contributed by atoms with Crippen molar-refractivity contribution in [2.75, 3.05) is 13.2 Å². The van der Waals surface area contributed by atoms with Crippen molar-refractivity contribution in [3.63, 3.8) is 0 Å². The fourth-order valence-corrected chi connectivity index (χ4v) is 3.68. The molecule has 3 rings (SSSR count). The third kappa shape index (κ3) is 2.57. The molecule has 104 valence electrons. The third-order valence-electron chi connectivity index (χ3n) is 2.77. The third-order valence-corrected chi connectivity index (χ3v) is 4.84. The number of rotatable bonds is 5. The summed E-state index contributed by atoms with van der Waals surface area (Å²) in [5, 5.41) is 1.94. The van der Waals surface area contributed by atoms with Gasteiger partial charge in [-0.05, 0) is 13.0 Å². The molecule has 2 aliphatic rings. The molecule has 0 fully saturated rings. The van der Waals surface area contributed by atoms with Crippen LogP contribution in [0, 0.1) is 0 Å². The molecule has 1 N–H and O–H groups in total. The van der Waals surface area contributed by atoms with Crippen LogP contribution in [0.2, 0.25) is 0 Å². The first-order valence-electron chi connectivity index (χ1n) is 5.85. The van der Waals surface area contributed by atoms with Crippen LogP contribution in [-0.2, 0) is 24.8 Å². The number of fused-ring (bicyclic) bond motifs is 1. The number of phosphoric ester groups is 1. The first-order chi connectivity index (χ1) is 9.09. The molecule has 0 aliphatic carbocycles. The number of hydrogen-bond acceptors (Lipinski definition) is 6. The molecule has 2 bridgehead atoms. The zero-order valence-corrected chi connectivity index (χ0v) is 11.9. The molecule has 1 aromatic rings. The van der Waals surface area contributed by atoms with E-state index in [4.69, 9.17) is 14.0 Å². The molecule has 8 heteroatoms. The van der Waals surface area contributed by atoms with Gasteiger partial charge in [0.1, 0.15) is 11.5 Å². The van der Waals surface area contributed by atoms with Gasteiger partial charge in [0, 0.05) is 10.9 Å². The Morgan fingerprint density at radius 2 is 2.42 bits per heavy atom. The van der Waals surface area contributed by atoms with Crippen molar-refractivity contribution < 1.29 is 28.0 Å². The summed E-state index contributed by atoms with van der Waals surface area (Å²) in [6.45, 7) is 1.69. The second-order valence-electron chi connectivity index (χ2n) is 4.03. The molecular weight excluding hydrogens is 291 g/mol. The first-order valence-corrected chi connectivity index (χ1v) is 8.22. The Hall–Kier alpha value is -0.850. The Morgan fingerprint density at radius 3 is 3.21 bits per heavy atom. The highest BCUT2D eigenvalue weighted by molar-refractivity contribution is 7.47. The van der Waals surface area contributed by atoms with Crippen molar-refractivity contribution in [1.29, 1.82) is 0 Å². The Balaban J connectivity index is 1.69. The second-order valence-corrected chi connectivity index (χ2v) is 6.36. The summed E-state index contributed by atoms with van der Waals surface area (Å²) in [5.74, 6) is 1.51. The summed E-state index contributed by atoms with van der Waals surface area (Å²) in [6.07, 6.45) is 2.09. The van der Waals surface area contributed by atoms with Gasteiger partial charge >= 0.3 is 7.82 Å². The Morgan fingerprint density at radius 1 is 1.58 bits per heavy atom. The van der Waals surface area contributed by atoms with Crippen LogP contribution in [-0.4, -0.2) is 24.4 Å². The highest BCUT2D eigenvalue weighted by Gasteiger charge is 2.35. The van der Waals surface area contributed by atoms with Crippen LogP contribution in [0.3, 0.4) is 0 Å². The van der Waals surface area contributed by atoms with Gasteiger partial charge in [-0.25, -0.2) is 4.57 Å². The fourth-order valence-electron chi connectivity index (χ4n) is 2.02. The van der Waals surface area contributed by atoms with Crippen LogP contribution in [0.4, 0.5) is 0 Å². The predicted octanol–water partition coefficient (Wildman–Crippen LogP) is 2.53. The van der Waals surface area contributed by atoms with E-state index >= 15 is 0 Å². The van der Waals surface area contributed by atoms with E-state index in [0.717, 1.165) is 22.6 Å². The number of hydrogen-bond donors (Lipinski definition) is 1. The summed E-state index contributed by atoms with van der Waals surface area (Å²) in [7, 11) is -3.96. The minimum Gasteiger partial charge on any atom is -0.453 e. The summed E-state index contributed by atoms with van der Waals surface area (Å²) in [5.41, 5.74) is 1.14. The average Bonchev–Trinajstić information content (AvgIpc) is 2.83. The monoisotopic (exact) mass is 304 g/mol. The molecule has 0 aromatic carbocycles. The van der Waals surface area contributed by atoms with Gasteiger partial charge in [0.2, 0.25) is 6.29 Å². The van der Waals surface area contributed by atoms with Crippen LogP contribution in [0.25, 0.3) is 5.76 Å². The standard InChI is InChI=1S/C11H13O6PS/c1-2-14-18(12,13)15-4-3-8-11-7-5-10(16-8)17-9(7)6-19-11/h3,6,10H,2,4-5H2,1H3,(H,12,13)/b8-3+. The van der Waals surface area contributed by atoms with Crippen molar-refractivity contribution in [2.45, 2.75) is 19.6 Å². The SMILES string of the molecule is CCOP(=O)(O)OC/C=C1/OC2Cc3c(csc31)O2. The van der Waals surface area contributed by atoms with Crippen molar-refractivity contribution in [3.05, 3.63) is 21.9 Å². The second kappa shape index (κ2) is 4.92. The van der Waals surface area contributed by atoms with Gasteiger partial charge in [-0.2, -0.15) is 0 Å². The molecule has 0 saturated carbocycles. The van der Waals surface area contributed by atoms with E-state index in [1.165, 1.54) is 11.3 Å². The van der Waals surface area contributed by atoms with E-state index in [0.29, 0.717) is 5.76 Å².